The number of benzene rings is 2. The number of carbonyl (C=O) groups is 3. The van der Waals surface area contributed by atoms with Crippen molar-refractivity contribution in [2.24, 2.45) is 52.3 Å². The molecule has 0 radical (unpaired) electrons. The molecule has 0 aromatic heterocycles. The number of nitrogens with one attached hydrogen (secondary N) is 1. The molecule has 1 aliphatic heterocycles. The van der Waals surface area contributed by atoms with Crippen molar-refractivity contribution in [1.82, 2.24) is 5.32 Å². The number of carbonyl (C=O) groups excluding carboxylic acids is 3. The highest BCUT2D eigenvalue weighted by Gasteiger charge is 2.61. The number of aliphatic hydroxyl groups is 1. The summed E-state index contributed by atoms with van der Waals surface area (Å²) >= 11 is 0. The van der Waals surface area contributed by atoms with Crippen LogP contribution >= 0.6 is 0 Å². The lowest BCUT2D eigenvalue weighted by Crippen LogP contribution is -2.66. The normalized spacial score (nSPS) is 36.1. The molecule has 1 saturated heterocycles. The summed E-state index contributed by atoms with van der Waals surface area (Å²) in [5.41, 5.74) is 1.27. The van der Waals surface area contributed by atoms with E-state index in [1.165, 1.54) is 57.4 Å². The van der Waals surface area contributed by atoms with Gasteiger partial charge in [-0.15, -0.1) is 0 Å². The minimum atomic E-state index is -1.50. The molecule has 5 aliphatic rings. The van der Waals surface area contributed by atoms with Crippen LogP contribution < -0.4 is 5.32 Å². The first-order valence-electron chi connectivity index (χ1n) is 23.3. The summed E-state index contributed by atoms with van der Waals surface area (Å²) in [6.07, 6.45) is 9.80. The third-order valence-corrected chi connectivity index (χ3v) is 16.1. The maximum atomic E-state index is 13.6. The van der Waals surface area contributed by atoms with Gasteiger partial charge in [0.2, 0.25) is 0 Å². The van der Waals surface area contributed by atoms with Gasteiger partial charge in [-0.2, -0.15) is 0 Å². The van der Waals surface area contributed by atoms with Crippen molar-refractivity contribution in [1.29, 1.82) is 0 Å². The van der Waals surface area contributed by atoms with Crippen LogP contribution in [0.2, 0.25) is 0 Å². The van der Waals surface area contributed by atoms with Crippen LogP contribution in [0.4, 0.5) is 4.79 Å². The molecule has 4 aliphatic carbocycles. The van der Waals surface area contributed by atoms with Crippen LogP contribution in [0.25, 0.3) is 0 Å². The number of aliphatic hydroxyl groups excluding tert-OH is 1. The molecule has 7 rings (SSSR count). The molecule has 2 aromatic rings. The molecule has 10 heteroatoms. The lowest BCUT2D eigenvalue weighted by Gasteiger charge is -2.61. The van der Waals surface area contributed by atoms with Crippen LogP contribution in [0.1, 0.15) is 132 Å². The lowest BCUT2D eigenvalue weighted by atomic mass is 9.44. The lowest BCUT2D eigenvalue weighted by molar-refractivity contribution is -0.287. The van der Waals surface area contributed by atoms with Crippen molar-refractivity contribution in [3.63, 3.8) is 0 Å². The predicted octanol–water partition coefficient (Wildman–Crippen LogP) is 9.94. The fraction of sp³-hybridized carbons (Fsp3) is 0.667. The van der Waals surface area contributed by atoms with Crippen molar-refractivity contribution >= 4 is 18.0 Å². The Labute approximate surface area is 363 Å². The molecular formula is C51H71NO9. The second kappa shape index (κ2) is 19.8. The molecule has 61 heavy (non-hydrogen) atoms. The van der Waals surface area contributed by atoms with E-state index in [4.69, 9.17) is 23.7 Å². The molecule has 10 nitrogen and oxygen atoms in total. The predicted molar refractivity (Wildman–Crippen MR) is 233 cm³/mol. The van der Waals surface area contributed by atoms with E-state index < -0.39 is 48.7 Å². The summed E-state index contributed by atoms with van der Waals surface area (Å²) in [7, 11) is 0. The van der Waals surface area contributed by atoms with Gasteiger partial charge in [0, 0.05) is 0 Å². The summed E-state index contributed by atoms with van der Waals surface area (Å²) in [5, 5.41) is 14.6. The van der Waals surface area contributed by atoms with Crippen LogP contribution in [-0.4, -0.2) is 73.1 Å². The van der Waals surface area contributed by atoms with E-state index in [1.54, 1.807) is 60.7 Å². The fourth-order valence-corrected chi connectivity index (χ4v) is 12.9. The molecule has 334 valence electrons. The third-order valence-electron chi connectivity index (χ3n) is 16.1. The number of amides is 1. The van der Waals surface area contributed by atoms with Crippen LogP contribution in [0.15, 0.2) is 73.3 Å². The number of esters is 2. The Hall–Kier alpha value is -3.73. The van der Waals surface area contributed by atoms with Gasteiger partial charge >= 0.3 is 18.0 Å². The quantitative estimate of drug-likeness (QED) is 0.0779. The smallest absolute Gasteiger partial charge is 0.407 e. The van der Waals surface area contributed by atoms with Gasteiger partial charge in [-0.3, -0.25) is 0 Å². The minimum Gasteiger partial charge on any atom is -0.459 e. The van der Waals surface area contributed by atoms with Gasteiger partial charge < -0.3 is 34.1 Å². The molecule has 14 atom stereocenters. The van der Waals surface area contributed by atoms with E-state index in [0.717, 1.165) is 55.3 Å². The number of ether oxygens (including phenoxy) is 5. The topological polar surface area (TPSA) is 130 Å². The Balaban J connectivity index is 1.07. The van der Waals surface area contributed by atoms with Gasteiger partial charge in [0.15, 0.2) is 12.4 Å². The van der Waals surface area contributed by atoms with Gasteiger partial charge in [0.1, 0.15) is 31.5 Å². The third kappa shape index (κ3) is 9.92. The first kappa shape index (κ1) is 45.3. The molecule has 2 aromatic carbocycles. The zero-order chi connectivity index (χ0) is 43.3. The average Bonchev–Trinajstić information content (AvgIpc) is 3.62. The Morgan fingerprint density at radius 1 is 0.852 bits per heavy atom. The van der Waals surface area contributed by atoms with Crippen LogP contribution in [-0.2, 0) is 23.7 Å². The highest BCUT2D eigenvalue weighted by molar-refractivity contribution is 5.90. The van der Waals surface area contributed by atoms with E-state index in [0.29, 0.717) is 22.8 Å². The monoisotopic (exact) mass is 842 g/mol. The molecule has 0 bridgehead atoms. The molecule has 1 amide bonds. The van der Waals surface area contributed by atoms with Crippen molar-refractivity contribution in [2.75, 3.05) is 13.2 Å². The van der Waals surface area contributed by atoms with Crippen LogP contribution in [0.3, 0.4) is 0 Å². The summed E-state index contributed by atoms with van der Waals surface area (Å²) in [6.45, 7) is 15.7. The zero-order valence-corrected chi connectivity index (χ0v) is 37.2. The minimum absolute atomic E-state index is 0.0525. The van der Waals surface area contributed by atoms with E-state index in [9.17, 15) is 19.5 Å². The second-order valence-electron chi connectivity index (χ2n) is 20.0. The van der Waals surface area contributed by atoms with Crippen molar-refractivity contribution in [3.8, 4) is 0 Å². The van der Waals surface area contributed by atoms with Crippen molar-refractivity contribution in [2.45, 2.75) is 148 Å². The highest BCUT2D eigenvalue weighted by atomic mass is 16.7. The van der Waals surface area contributed by atoms with Gasteiger partial charge in [-0.1, -0.05) is 103 Å². The van der Waals surface area contributed by atoms with Gasteiger partial charge in [-0.25, -0.2) is 14.4 Å². The number of hydrogen-bond donors (Lipinski definition) is 2. The maximum absolute atomic E-state index is 13.6. The Bertz CT molecular complexity index is 1790. The van der Waals surface area contributed by atoms with E-state index >= 15 is 0 Å². The molecule has 0 unspecified atom stereocenters. The number of hydrogen-bond acceptors (Lipinski definition) is 9. The molecule has 0 spiro atoms. The van der Waals surface area contributed by atoms with Crippen LogP contribution in [0, 0.1) is 52.3 Å². The fourth-order valence-electron chi connectivity index (χ4n) is 12.9. The molecule has 4 saturated carbocycles. The first-order valence-corrected chi connectivity index (χ1v) is 23.3. The molecule has 5 fully saturated rings. The number of alkyl carbamates (subject to hydrolysis) is 1. The highest BCUT2D eigenvalue weighted by Crippen LogP contribution is 2.68. The summed E-state index contributed by atoms with van der Waals surface area (Å²) in [4.78, 5) is 39.8. The van der Waals surface area contributed by atoms with Gasteiger partial charge in [0.25, 0.3) is 0 Å². The maximum Gasteiger partial charge on any atom is 0.407 e. The van der Waals surface area contributed by atoms with Crippen molar-refractivity contribution < 1.29 is 43.2 Å². The standard InChI is InChI=1S/C51H71NO9/c1-7-29-57-49(56)52-43-45(61-47(55)35-19-12-9-13-20-35)44(53)42(31-58-46(54)34-17-10-8-11-18-34)60-48(43)59-37-25-27-50(5)36(30-37)21-22-38-40-24-23-39(33(4)16-14-15-32(2)3)51(40,6)28-26-41(38)50/h7-13,17-20,32-33,36-45,48,53H,1,14-16,21-31H2,2-6H3,(H,52,56)/t33-,36-,37+,38+,39-,40+,41+,42-,43-,44-,45-,48-,50+,51-/m1/s1. The Kier molecular flexibility index (Phi) is 14.7. The molecule has 1 heterocycles. The first-order chi connectivity index (χ1) is 29.3. The number of fused-ring (bicyclic) bond motifs is 5. The largest absolute Gasteiger partial charge is 0.459 e. The summed E-state index contributed by atoms with van der Waals surface area (Å²) in [5.74, 6) is 3.83. The Morgan fingerprint density at radius 2 is 1.52 bits per heavy atom. The van der Waals surface area contributed by atoms with Gasteiger partial charge in [-0.05, 0) is 134 Å². The summed E-state index contributed by atoms with van der Waals surface area (Å²) < 4.78 is 30.3. The average molecular weight is 842 g/mol. The second-order valence-corrected chi connectivity index (χ2v) is 20.0. The summed E-state index contributed by atoms with van der Waals surface area (Å²) in [6, 6.07) is 15.9. The Morgan fingerprint density at radius 3 is 2.21 bits per heavy atom. The SMILES string of the molecule is C=CCOC(=O)N[C@H]1[C@H](O[C@H]2CC[C@@]3(C)[C@H](CC[C@@H]4[C@@H]3CC[C@]3(C)[C@@H]([C@H](C)CCCC(C)C)CC[C@@H]43)C2)O[C@H](COC(=O)c2ccccc2)[C@@H](O)[C@@H]1OC(=O)c1ccccc1. The van der Waals surface area contributed by atoms with Crippen molar-refractivity contribution in [3.05, 3.63) is 84.4 Å². The van der Waals surface area contributed by atoms with E-state index in [1.807, 2.05) is 0 Å². The molecular weight excluding hydrogens is 771 g/mol. The van der Waals surface area contributed by atoms with Crippen LogP contribution in [0.5, 0.6) is 0 Å². The van der Waals surface area contributed by atoms with Gasteiger partial charge in [0.05, 0.1) is 17.2 Å². The molecule has 2 N–H and O–H groups in total. The number of rotatable bonds is 15. The van der Waals surface area contributed by atoms with E-state index in [2.05, 4.69) is 46.5 Å². The zero-order valence-electron chi connectivity index (χ0n) is 37.2. The van der Waals surface area contributed by atoms with E-state index in [-0.39, 0.29) is 30.3 Å².